The van der Waals surface area contributed by atoms with Gasteiger partial charge in [-0.1, -0.05) is 0 Å². The van der Waals surface area contributed by atoms with Crippen molar-refractivity contribution in [3.05, 3.63) is 0 Å². The molecule has 91 heteroatoms. The van der Waals surface area contributed by atoms with Crippen LogP contribution >= 0.6 is 0 Å². The minimum absolute atomic E-state index is 1.78. The lowest BCUT2D eigenvalue weighted by Gasteiger charge is -2.45. The Labute approximate surface area is 693 Å². The molecule has 4 rings (SSSR count). The third-order valence-corrected chi connectivity index (χ3v) is 21.1. The molecule has 0 bridgehead atoms. The zero-order valence-corrected chi connectivity index (χ0v) is 70.6. The van der Waals surface area contributed by atoms with E-state index in [4.69, 9.17) is 37.9 Å². The summed E-state index contributed by atoms with van der Waals surface area (Å²) in [7, 11) is -71.4. The predicted octanol–water partition coefficient (Wildman–Crippen LogP) is -13.1. The third-order valence-electron chi connectivity index (χ3n) is 13.3. The molecule has 0 aromatic carbocycles. The van der Waals surface area contributed by atoms with E-state index in [-0.39, 0.29) is 0 Å². The van der Waals surface area contributed by atoms with Gasteiger partial charge < -0.3 is 37.9 Å². The molecule has 73 nitrogen and oxygen atoms in total. The Morgan fingerprint density at radius 1 is 0.248 bits per heavy atom. The van der Waals surface area contributed by atoms with Crippen molar-refractivity contribution in [2.24, 2.45) is 0 Å². The maximum absolute atomic E-state index is 12.8. The first-order valence-electron chi connectivity index (χ1n) is 28.2. The van der Waals surface area contributed by atoms with Crippen LogP contribution in [0.2, 0.25) is 0 Å². The summed E-state index contributed by atoms with van der Waals surface area (Å²) in [5.41, 5.74) is 0. The van der Waals surface area contributed by atoms with E-state index in [0.29, 0.717) is 0 Å². The molecular formula is C30H54O73S18. The second-order valence-electron chi connectivity index (χ2n) is 21.4. The number of ether oxygens (including phenoxy) is 8. The van der Waals surface area contributed by atoms with Crippen molar-refractivity contribution in [2.45, 2.75) is 147 Å². The molecule has 4 fully saturated rings. The third kappa shape index (κ3) is 42.2. The predicted molar refractivity (Wildman–Crippen MR) is 351 cm³/mol. The molecule has 0 amide bonds. The molecule has 18 N–H and O–H groups in total. The molecule has 31 atom stereocenters. The van der Waals surface area contributed by atoms with Crippen LogP contribution in [-0.4, -0.2) is 391 Å². The van der Waals surface area contributed by atoms with Crippen molar-refractivity contribution < 1.29 is 317 Å². The van der Waals surface area contributed by atoms with Crippen LogP contribution in [0.5, 0.6) is 0 Å². The molecule has 720 valence electrons. The van der Waals surface area contributed by atoms with E-state index in [0.717, 1.165) is 0 Å². The molecule has 0 radical (unpaired) electrons. The molecule has 0 saturated carbocycles. The smallest absolute Gasteiger partial charge is 0.347 e. The fourth-order valence-electron chi connectivity index (χ4n) is 9.95. The van der Waals surface area contributed by atoms with Crippen LogP contribution in [0.15, 0.2) is 0 Å². The van der Waals surface area contributed by atoms with Crippen LogP contribution in [0.25, 0.3) is 0 Å². The highest BCUT2D eigenvalue weighted by Crippen LogP contribution is 2.39. The van der Waals surface area contributed by atoms with Crippen molar-refractivity contribution in [3.8, 4) is 0 Å². The Hall–Kier alpha value is -1.26. The van der Waals surface area contributed by atoms with E-state index < -0.39 is 381 Å². The highest BCUT2D eigenvalue weighted by molar-refractivity contribution is 7.83. The highest BCUT2D eigenvalue weighted by Gasteiger charge is 2.61. The fraction of sp³-hybridized carbons (Fsp3) is 1.00. The van der Waals surface area contributed by atoms with E-state index in [9.17, 15) is 204 Å². The summed E-state index contributed by atoms with van der Waals surface area (Å²) in [6.45, 7) is -13.1. The van der Waals surface area contributed by atoms with Gasteiger partial charge in [0.15, 0.2) is 49.6 Å². The fourth-order valence-corrected chi connectivity index (χ4v) is 17.9. The van der Waals surface area contributed by atoms with E-state index in [1.54, 1.807) is 0 Å². The molecule has 4 heterocycles. The normalized spacial score (nSPS) is 31.6. The first-order valence-corrected chi connectivity index (χ1v) is 50.5. The van der Waals surface area contributed by atoms with Crippen molar-refractivity contribution in [1.82, 2.24) is 0 Å². The summed E-state index contributed by atoms with van der Waals surface area (Å²) >= 11 is -27.8. The second-order valence-corrected chi connectivity index (χ2v) is 37.4. The number of hydrogen-bond acceptors (Lipinski definition) is 55. The van der Waals surface area contributed by atoms with Crippen LogP contribution in [0.3, 0.4) is 0 Å². The van der Waals surface area contributed by atoms with E-state index in [1.165, 1.54) is 0 Å². The quantitative estimate of drug-likeness (QED) is 0.0199. The number of rotatable bonds is 53. The van der Waals surface area contributed by atoms with E-state index in [1.807, 2.05) is 0 Å². The zero-order valence-electron chi connectivity index (χ0n) is 56.0. The van der Waals surface area contributed by atoms with Gasteiger partial charge in [-0.15, -0.1) is 0 Å². The van der Waals surface area contributed by atoms with Crippen LogP contribution in [-0.2, 0) is 307 Å². The molecule has 7 unspecified atom stereocenters. The lowest BCUT2D eigenvalue weighted by molar-refractivity contribution is -0.321. The van der Waals surface area contributed by atoms with Crippen molar-refractivity contribution in [2.75, 3.05) is 39.6 Å². The minimum atomic E-state index is -6.91. The molecule has 4 aliphatic heterocycles. The first kappa shape index (κ1) is 112. The van der Waals surface area contributed by atoms with Gasteiger partial charge in [0.1, 0.15) is 97.7 Å². The lowest BCUT2D eigenvalue weighted by Crippen LogP contribution is -2.65. The molecule has 0 spiro atoms. The summed E-state index contributed by atoms with van der Waals surface area (Å²) in [6.07, 6.45) is -81.0. The lowest BCUT2D eigenvalue weighted by atomic mass is 9.98. The van der Waals surface area contributed by atoms with Crippen LogP contribution in [0, 0.1) is 0 Å². The molecule has 0 aliphatic carbocycles. The number of hydrogen-bond donors (Lipinski definition) is 18. The maximum atomic E-state index is 12.8. The van der Waals surface area contributed by atoms with Gasteiger partial charge in [0.2, 0.25) is 0 Å². The van der Waals surface area contributed by atoms with Gasteiger partial charge >= 0.3 is 194 Å². The van der Waals surface area contributed by atoms with E-state index in [2.05, 4.69) is 75.3 Å². The van der Waals surface area contributed by atoms with Gasteiger partial charge in [0.05, 0.1) is 39.6 Å². The Morgan fingerprint density at radius 2 is 0.504 bits per heavy atom. The van der Waals surface area contributed by atoms with Gasteiger partial charge in [-0.25, -0.2) is 46.0 Å². The van der Waals surface area contributed by atoms with Crippen molar-refractivity contribution in [3.63, 3.8) is 0 Å². The minimum Gasteiger partial charge on any atom is -0.347 e. The highest BCUT2D eigenvalue weighted by atomic mass is 32.3. The van der Waals surface area contributed by atoms with Gasteiger partial charge in [0.25, 0.3) is 0 Å². The van der Waals surface area contributed by atoms with Crippen molar-refractivity contribution >= 4 is 194 Å². The van der Waals surface area contributed by atoms with Crippen LogP contribution in [0.4, 0.5) is 0 Å². The summed E-state index contributed by atoms with van der Waals surface area (Å²) in [4.78, 5) is 0. The molecule has 121 heavy (non-hydrogen) atoms. The Bertz CT molecular complexity index is 5000. The molecule has 0 aromatic heterocycles. The largest absolute Gasteiger partial charge is 0.397 e. The molecule has 0 aromatic rings. The zero-order chi connectivity index (χ0) is 93.0. The maximum Gasteiger partial charge on any atom is 0.397 e. The Balaban J connectivity index is 2.07. The van der Waals surface area contributed by atoms with E-state index >= 15 is 0 Å². The summed E-state index contributed by atoms with van der Waals surface area (Å²) in [5.74, 6) is 0. The Morgan fingerprint density at radius 3 is 0.843 bits per heavy atom. The summed E-state index contributed by atoms with van der Waals surface area (Å²) in [5, 5.41) is 0. The second kappa shape index (κ2) is 45.7. The molecule has 4 aliphatic rings. The molecule has 4 saturated heterocycles. The topological polar surface area (TPSA) is 1100 Å². The van der Waals surface area contributed by atoms with Crippen LogP contribution < -0.4 is 0 Å². The standard InChI is InChI=1S/C30H54O73S18/c31-104(32)82-5-9-16(96-114(54,55)56)22(101-119(69,70)71)26(103-121(75,76)77)30(86-9)79-2-8-15(95-113(51,52)53)21(100-118(66,67)68)24(93-110(43)44)28(85-8)81-4-12(94-112(48,49)50)18(98-116(60,61)62)17(97-115(57,58)59)11(88-105(33)34)3-80-29-25(102-120(72,73)74)20(99-117(63,64)65)14(90-107(37)38)7(84-29)1-78-27-23(92-109(41)42)19(91-108(39)40)13(89-106(35)36)10(87-27)6-83-111(45,46)47/h7-30H,1-6H2,(H,31,32)(H,33,34)(H,35,36)(H,37,38)(H,39,40)(H,41,42)(H,43,44)(H,45,46,47)(H,48,49,50)(H,51,52,53)(H,54,55,56)(H,57,58,59)(H,60,61,62)(H,63,64,65)(H,66,67,68)(H,69,70,71)(H,72,73,74)(H,75,76,77)/t7-,8-,9-,10-,11-,12-,13-,14-,15-,16-,17-,18-,19+,20+,21+,22+,23-,24-,25-,26-,27-,28-,29-,30-/m1/s1. The van der Waals surface area contributed by atoms with Crippen molar-refractivity contribution in [1.29, 1.82) is 0 Å². The van der Waals surface area contributed by atoms with Gasteiger partial charge in [-0.2, -0.15) is 122 Å². The summed E-state index contributed by atoms with van der Waals surface area (Å²) in [6, 6.07) is 0. The molecular weight excluding hydrogens is 2110 g/mol. The van der Waals surface area contributed by atoms with Gasteiger partial charge in [0, 0.05) is 0 Å². The van der Waals surface area contributed by atoms with Crippen LogP contribution in [0.1, 0.15) is 0 Å². The van der Waals surface area contributed by atoms with Gasteiger partial charge in [-0.3, -0.25) is 111 Å². The summed E-state index contributed by atoms with van der Waals surface area (Å²) < 4.78 is 655. The average molecular weight is 2160 g/mol. The SMILES string of the molecule is O=S(O)OC[C@H]1O[C@@H](OC[C@H]2O[C@@H](OC[C@@H](OS(=O)(=O)O)[C@@H](OS(=O)(=O)O)[C@H](OS(=O)(=O)O)[C@@H](CO[C@@H]3O[C@H](CO[C@@H]4O[C@H](COS(=O)(=O)O)[C@@H](OS(=O)O)[C@H](OS(=O)O)[C@H]4OS(=O)O)[C@@H](OS(=O)O)[C@H](OS(=O)(=O)O)[C@H]3OS(=O)(=O)O)OS(=O)O)[C@H](OS(=O)O)[C@@H](OS(=O)(=O)O)[C@@H]2OS(=O)(=O)O)[C@H](OS(=O)(=O)O)[C@@H](OS(=O)(=O)O)[C@@H]1OS(=O)(=O)O. The Kier molecular flexibility index (Phi) is 42.3. The van der Waals surface area contributed by atoms with Gasteiger partial charge in [-0.05, 0) is 0 Å². The first-order chi connectivity index (χ1) is 54.5. The average Bonchev–Trinajstić information content (AvgIpc) is 0.765. The monoisotopic (exact) mass is 2160 g/mol.